The molecular formula is C11H15NO2. The first kappa shape index (κ1) is 10.7. The van der Waals surface area contributed by atoms with Gasteiger partial charge in [0.1, 0.15) is 0 Å². The molecule has 0 saturated carbocycles. The van der Waals surface area contributed by atoms with Crippen LogP contribution in [0.4, 0.5) is 0 Å². The summed E-state index contributed by atoms with van der Waals surface area (Å²) in [6.45, 7) is 4.17. The lowest BCUT2D eigenvalue weighted by atomic mass is 10.1. The highest BCUT2D eigenvalue weighted by atomic mass is 16.4. The number of aromatic nitrogens is 1. The lowest BCUT2D eigenvalue weighted by Crippen LogP contribution is -1.99. The summed E-state index contributed by atoms with van der Waals surface area (Å²) in [5.41, 5.74) is 2.03. The maximum Gasteiger partial charge on any atom is 0.303 e. The fraction of sp³-hybridized carbons (Fsp3) is 0.455. The van der Waals surface area contributed by atoms with Gasteiger partial charge >= 0.3 is 5.97 Å². The van der Waals surface area contributed by atoms with E-state index in [-0.39, 0.29) is 6.42 Å². The van der Waals surface area contributed by atoms with Gasteiger partial charge in [0, 0.05) is 18.3 Å². The number of rotatable bonds is 4. The quantitative estimate of drug-likeness (QED) is 0.797. The van der Waals surface area contributed by atoms with Gasteiger partial charge in [0.25, 0.3) is 0 Å². The van der Waals surface area contributed by atoms with Crippen molar-refractivity contribution < 1.29 is 9.90 Å². The van der Waals surface area contributed by atoms with E-state index in [0.717, 1.165) is 11.3 Å². The van der Waals surface area contributed by atoms with Gasteiger partial charge in [-0.1, -0.05) is 19.9 Å². The zero-order chi connectivity index (χ0) is 10.6. The van der Waals surface area contributed by atoms with Gasteiger partial charge < -0.3 is 5.11 Å². The number of aliphatic carboxylic acids is 1. The van der Waals surface area contributed by atoms with E-state index in [2.05, 4.69) is 18.8 Å². The maximum absolute atomic E-state index is 10.3. The molecule has 1 N–H and O–H groups in total. The molecule has 1 heterocycles. The molecule has 0 radical (unpaired) electrons. The predicted octanol–water partition coefficient (Wildman–Crippen LogP) is 2.22. The van der Waals surface area contributed by atoms with E-state index >= 15 is 0 Å². The molecule has 1 aromatic rings. The molecule has 1 rings (SSSR count). The van der Waals surface area contributed by atoms with Gasteiger partial charge in [-0.2, -0.15) is 0 Å². The molecule has 3 heteroatoms. The van der Waals surface area contributed by atoms with E-state index in [1.807, 2.05) is 12.1 Å². The molecule has 0 aromatic carbocycles. The Morgan fingerprint density at radius 1 is 1.50 bits per heavy atom. The first-order valence-electron chi connectivity index (χ1n) is 4.76. The second-order valence-electron chi connectivity index (χ2n) is 3.64. The van der Waals surface area contributed by atoms with Crippen LogP contribution in [0.3, 0.4) is 0 Å². The van der Waals surface area contributed by atoms with Gasteiger partial charge in [0.2, 0.25) is 0 Å². The molecule has 0 atom stereocenters. The van der Waals surface area contributed by atoms with E-state index in [1.165, 1.54) is 0 Å². The van der Waals surface area contributed by atoms with E-state index in [9.17, 15) is 4.79 Å². The summed E-state index contributed by atoms with van der Waals surface area (Å²) < 4.78 is 0. The Kier molecular flexibility index (Phi) is 3.63. The highest BCUT2D eigenvalue weighted by Gasteiger charge is 2.02. The third-order valence-electron chi connectivity index (χ3n) is 2.07. The average Bonchev–Trinajstić information content (AvgIpc) is 2.15. The van der Waals surface area contributed by atoms with Crippen molar-refractivity contribution in [2.45, 2.75) is 32.6 Å². The van der Waals surface area contributed by atoms with Gasteiger partial charge in [-0.05, 0) is 24.0 Å². The average molecular weight is 193 g/mol. The highest BCUT2D eigenvalue weighted by molar-refractivity contribution is 5.67. The Bertz CT molecular complexity index is 304. The minimum atomic E-state index is -0.766. The number of hydrogen-bond donors (Lipinski definition) is 1. The van der Waals surface area contributed by atoms with Gasteiger partial charge in [-0.25, -0.2) is 0 Å². The maximum atomic E-state index is 10.3. The van der Waals surface area contributed by atoms with Gasteiger partial charge in [-0.15, -0.1) is 0 Å². The van der Waals surface area contributed by atoms with E-state index in [4.69, 9.17) is 5.11 Å². The predicted molar refractivity (Wildman–Crippen MR) is 54.3 cm³/mol. The van der Waals surface area contributed by atoms with Crippen molar-refractivity contribution in [1.29, 1.82) is 0 Å². The largest absolute Gasteiger partial charge is 0.481 e. The first-order valence-corrected chi connectivity index (χ1v) is 4.76. The van der Waals surface area contributed by atoms with Crippen LogP contribution >= 0.6 is 0 Å². The van der Waals surface area contributed by atoms with Crippen LogP contribution in [-0.4, -0.2) is 16.1 Å². The molecular weight excluding hydrogens is 178 g/mol. The molecule has 14 heavy (non-hydrogen) atoms. The van der Waals surface area contributed by atoms with Crippen LogP contribution in [0.2, 0.25) is 0 Å². The zero-order valence-electron chi connectivity index (χ0n) is 8.53. The molecule has 76 valence electrons. The SMILES string of the molecule is CC(C)c1ccc(CCC(=O)O)cn1. The Morgan fingerprint density at radius 2 is 2.21 bits per heavy atom. The number of nitrogens with zero attached hydrogens (tertiary/aromatic N) is 1. The topological polar surface area (TPSA) is 50.2 Å². The minimum absolute atomic E-state index is 0.169. The standard InChI is InChI=1S/C11H15NO2/c1-8(2)10-5-3-9(7-12-10)4-6-11(13)14/h3,5,7-8H,4,6H2,1-2H3,(H,13,14). The van der Waals surface area contributed by atoms with Crippen molar-refractivity contribution in [3.8, 4) is 0 Å². The second kappa shape index (κ2) is 4.74. The normalized spacial score (nSPS) is 10.5. The third kappa shape index (κ3) is 3.17. The molecule has 1 aromatic heterocycles. The van der Waals surface area contributed by atoms with Crippen LogP contribution in [0.5, 0.6) is 0 Å². The lowest BCUT2D eigenvalue weighted by Gasteiger charge is -2.04. The summed E-state index contributed by atoms with van der Waals surface area (Å²) in [6, 6.07) is 3.91. The Morgan fingerprint density at radius 3 is 2.64 bits per heavy atom. The monoisotopic (exact) mass is 193 g/mol. The second-order valence-corrected chi connectivity index (χ2v) is 3.64. The van der Waals surface area contributed by atoms with Gasteiger partial charge in [0.05, 0.1) is 0 Å². The van der Waals surface area contributed by atoms with Gasteiger partial charge in [0.15, 0.2) is 0 Å². The Labute approximate surface area is 83.8 Å². The summed E-state index contributed by atoms with van der Waals surface area (Å²) in [5.74, 6) is -0.346. The molecule has 3 nitrogen and oxygen atoms in total. The summed E-state index contributed by atoms with van der Waals surface area (Å²) in [7, 11) is 0. The van der Waals surface area contributed by atoms with Crippen molar-refractivity contribution in [1.82, 2.24) is 4.98 Å². The van der Waals surface area contributed by atoms with Crippen LogP contribution in [0.1, 0.15) is 37.4 Å². The van der Waals surface area contributed by atoms with E-state index in [0.29, 0.717) is 12.3 Å². The van der Waals surface area contributed by atoms with Crippen molar-refractivity contribution >= 4 is 5.97 Å². The van der Waals surface area contributed by atoms with Crippen LogP contribution in [0, 0.1) is 0 Å². The summed E-state index contributed by atoms with van der Waals surface area (Å²) >= 11 is 0. The number of carbonyl (C=O) groups is 1. The molecule has 0 fully saturated rings. The fourth-order valence-electron chi connectivity index (χ4n) is 1.18. The zero-order valence-corrected chi connectivity index (χ0v) is 8.53. The third-order valence-corrected chi connectivity index (χ3v) is 2.07. The fourth-order valence-corrected chi connectivity index (χ4v) is 1.18. The molecule has 0 aliphatic heterocycles. The first-order chi connectivity index (χ1) is 6.59. The molecule has 0 aliphatic rings. The molecule has 0 aliphatic carbocycles. The molecule has 0 bridgehead atoms. The van der Waals surface area contributed by atoms with Crippen molar-refractivity contribution in [3.05, 3.63) is 29.6 Å². The minimum Gasteiger partial charge on any atom is -0.481 e. The van der Waals surface area contributed by atoms with Crippen molar-refractivity contribution in [2.75, 3.05) is 0 Å². The number of aryl methyl sites for hydroxylation is 1. The van der Waals surface area contributed by atoms with E-state index < -0.39 is 5.97 Å². The Balaban J connectivity index is 2.59. The van der Waals surface area contributed by atoms with Gasteiger partial charge in [-0.3, -0.25) is 9.78 Å². The molecule has 0 saturated heterocycles. The molecule has 0 unspecified atom stereocenters. The smallest absolute Gasteiger partial charge is 0.303 e. The number of carboxylic acid groups (broad SMARTS) is 1. The number of hydrogen-bond acceptors (Lipinski definition) is 2. The van der Waals surface area contributed by atoms with Crippen LogP contribution in [-0.2, 0) is 11.2 Å². The number of pyridine rings is 1. The summed E-state index contributed by atoms with van der Waals surface area (Å²) in [4.78, 5) is 14.6. The molecule has 0 spiro atoms. The van der Waals surface area contributed by atoms with Crippen molar-refractivity contribution in [2.24, 2.45) is 0 Å². The van der Waals surface area contributed by atoms with Crippen LogP contribution in [0.15, 0.2) is 18.3 Å². The highest BCUT2D eigenvalue weighted by Crippen LogP contribution is 2.11. The van der Waals surface area contributed by atoms with Crippen molar-refractivity contribution in [3.63, 3.8) is 0 Å². The summed E-state index contributed by atoms with van der Waals surface area (Å²) in [5, 5.41) is 8.50. The van der Waals surface area contributed by atoms with Crippen LogP contribution in [0.25, 0.3) is 0 Å². The summed E-state index contributed by atoms with van der Waals surface area (Å²) in [6.07, 6.45) is 2.49. The molecule has 0 amide bonds. The number of carboxylic acids is 1. The lowest BCUT2D eigenvalue weighted by molar-refractivity contribution is -0.136. The Hall–Kier alpha value is -1.38. The van der Waals surface area contributed by atoms with E-state index in [1.54, 1.807) is 6.20 Å². The van der Waals surface area contributed by atoms with Crippen LogP contribution < -0.4 is 0 Å².